The fourth-order valence-corrected chi connectivity index (χ4v) is 4.07. The fraction of sp³-hybridized carbons (Fsp3) is 0.0870. The van der Waals surface area contributed by atoms with Gasteiger partial charge in [-0.3, -0.25) is 9.52 Å². The molecule has 0 fully saturated rings. The van der Waals surface area contributed by atoms with Crippen molar-refractivity contribution in [3.8, 4) is 11.5 Å². The summed E-state index contributed by atoms with van der Waals surface area (Å²) >= 11 is 0. The van der Waals surface area contributed by atoms with Crippen LogP contribution in [0.3, 0.4) is 0 Å². The summed E-state index contributed by atoms with van der Waals surface area (Å²) < 4.78 is 38.5. The molecule has 1 N–H and O–H groups in total. The number of rotatable bonds is 6. The van der Waals surface area contributed by atoms with E-state index in [0.29, 0.717) is 11.5 Å². The number of carbonyl (C=O) groups is 1. The van der Waals surface area contributed by atoms with Crippen molar-refractivity contribution < 1.29 is 22.7 Å². The Hall–Kier alpha value is -3.58. The van der Waals surface area contributed by atoms with Crippen LogP contribution in [0.25, 0.3) is 6.08 Å². The lowest BCUT2D eigenvalue weighted by atomic mass is 10.1. The summed E-state index contributed by atoms with van der Waals surface area (Å²) in [5, 5.41) is 0. The van der Waals surface area contributed by atoms with Gasteiger partial charge in [-0.2, -0.15) is 0 Å². The third-order valence-corrected chi connectivity index (χ3v) is 5.97. The van der Waals surface area contributed by atoms with Gasteiger partial charge in [-0.15, -0.1) is 0 Å². The van der Waals surface area contributed by atoms with Crippen molar-refractivity contribution in [2.45, 2.75) is 11.8 Å². The maximum absolute atomic E-state index is 12.8. The molecule has 1 aliphatic heterocycles. The number of anilines is 1. The van der Waals surface area contributed by atoms with Crippen molar-refractivity contribution in [3.63, 3.8) is 0 Å². The standard InChI is InChI=1S/C23H19NO5S/c1-16-6-10-18(11-7-16)30(26,27)24-20-5-3-2-4-19(20)21(25)12-8-17-9-13-22-23(14-17)29-15-28-22/h2-14,24H,15H2,1H3/b12-8+. The molecule has 0 unspecified atom stereocenters. The molecule has 4 rings (SSSR count). The number of carbonyl (C=O) groups excluding carboxylic acids is 1. The zero-order valence-electron chi connectivity index (χ0n) is 16.2. The lowest BCUT2D eigenvalue weighted by molar-refractivity contribution is 0.104. The molecule has 3 aromatic rings. The number of hydrogen-bond donors (Lipinski definition) is 1. The first kappa shape index (κ1) is 19.7. The summed E-state index contributed by atoms with van der Waals surface area (Å²) in [6.45, 7) is 2.06. The van der Waals surface area contributed by atoms with Crippen molar-refractivity contribution in [3.05, 3.63) is 89.5 Å². The van der Waals surface area contributed by atoms with Gasteiger partial charge in [0.2, 0.25) is 6.79 Å². The van der Waals surface area contributed by atoms with Crippen LogP contribution < -0.4 is 14.2 Å². The van der Waals surface area contributed by atoms with Crippen LogP contribution in [0.5, 0.6) is 11.5 Å². The van der Waals surface area contributed by atoms with Crippen LogP contribution in [-0.2, 0) is 10.0 Å². The summed E-state index contributed by atoms with van der Waals surface area (Å²) in [6.07, 6.45) is 3.05. The predicted octanol–water partition coefficient (Wildman–Crippen LogP) is 4.42. The molecular formula is C23H19NO5S. The average Bonchev–Trinajstić information content (AvgIpc) is 3.20. The second-order valence-electron chi connectivity index (χ2n) is 6.77. The van der Waals surface area contributed by atoms with E-state index in [0.717, 1.165) is 11.1 Å². The van der Waals surface area contributed by atoms with E-state index in [1.807, 2.05) is 13.0 Å². The first-order valence-electron chi connectivity index (χ1n) is 9.23. The maximum Gasteiger partial charge on any atom is 0.261 e. The van der Waals surface area contributed by atoms with E-state index < -0.39 is 10.0 Å². The van der Waals surface area contributed by atoms with E-state index in [4.69, 9.17) is 9.47 Å². The summed E-state index contributed by atoms with van der Waals surface area (Å²) in [6, 6.07) is 18.4. The largest absolute Gasteiger partial charge is 0.454 e. The zero-order valence-corrected chi connectivity index (χ0v) is 17.0. The second kappa shape index (κ2) is 8.04. The topological polar surface area (TPSA) is 81.7 Å². The molecule has 0 radical (unpaired) electrons. The lowest BCUT2D eigenvalue weighted by Gasteiger charge is -2.11. The molecular weight excluding hydrogens is 402 g/mol. The number of benzene rings is 3. The Kier molecular flexibility index (Phi) is 5.29. The van der Waals surface area contributed by atoms with Crippen molar-refractivity contribution in [1.82, 2.24) is 0 Å². The number of aryl methyl sites for hydroxylation is 1. The smallest absolute Gasteiger partial charge is 0.261 e. The average molecular weight is 421 g/mol. The quantitative estimate of drug-likeness (QED) is 0.471. The highest BCUT2D eigenvalue weighted by molar-refractivity contribution is 7.92. The van der Waals surface area contributed by atoms with Crippen molar-refractivity contribution in [2.75, 3.05) is 11.5 Å². The molecule has 152 valence electrons. The minimum absolute atomic E-state index is 0.131. The van der Waals surface area contributed by atoms with Gasteiger partial charge >= 0.3 is 0 Å². The van der Waals surface area contributed by atoms with Gasteiger partial charge in [0.15, 0.2) is 17.3 Å². The molecule has 0 aromatic heterocycles. The SMILES string of the molecule is Cc1ccc(S(=O)(=O)Nc2ccccc2C(=O)/C=C/c2ccc3c(c2)OCO3)cc1. The van der Waals surface area contributed by atoms with Crippen LogP contribution in [0.15, 0.2) is 77.7 Å². The maximum atomic E-state index is 12.8. The number of ketones is 1. The molecule has 7 heteroatoms. The monoisotopic (exact) mass is 421 g/mol. The highest BCUT2D eigenvalue weighted by atomic mass is 32.2. The number of para-hydroxylation sites is 1. The van der Waals surface area contributed by atoms with E-state index in [1.165, 1.54) is 18.2 Å². The van der Waals surface area contributed by atoms with Crippen molar-refractivity contribution in [1.29, 1.82) is 0 Å². The van der Waals surface area contributed by atoms with Gasteiger partial charge < -0.3 is 9.47 Å². The van der Waals surface area contributed by atoms with Crippen molar-refractivity contribution >= 4 is 27.6 Å². The molecule has 0 spiro atoms. The van der Waals surface area contributed by atoms with Crippen LogP contribution in [0.4, 0.5) is 5.69 Å². The van der Waals surface area contributed by atoms with E-state index in [9.17, 15) is 13.2 Å². The van der Waals surface area contributed by atoms with E-state index in [-0.39, 0.29) is 28.7 Å². The first-order chi connectivity index (χ1) is 14.4. The van der Waals surface area contributed by atoms with Gasteiger partial charge in [0, 0.05) is 5.56 Å². The molecule has 0 amide bonds. The highest BCUT2D eigenvalue weighted by Gasteiger charge is 2.18. The molecule has 1 aliphatic rings. The second-order valence-corrected chi connectivity index (χ2v) is 8.46. The summed E-state index contributed by atoms with van der Waals surface area (Å²) in [7, 11) is -3.82. The number of ether oxygens (including phenoxy) is 2. The summed E-state index contributed by atoms with van der Waals surface area (Å²) in [4.78, 5) is 12.9. The number of fused-ring (bicyclic) bond motifs is 1. The molecule has 1 heterocycles. The molecule has 0 aliphatic carbocycles. The lowest BCUT2D eigenvalue weighted by Crippen LogP contribution is -2.15. The number of nitrogens with one attached hydrogen (secondary N) is 1. The minimum Gasteiger partial charge on any atom is -0.454 e. The third-order valence-electron chi connectivity index (χ3n) is 4.59. The Morgan fingerprint density at radius 1 is 0.967 bits per heavy atom. The summed E-state index contributed by atoms with van der Waals surface area (Å²) in [5.41, 5.74) is 2.20. The Bertz CT molecular complexity index is 1230. The Labute approximate surface area is 174 Å². The van der Waals surface area contributed by atoms with Gasteiger partial charge in [-0.1, -0.05) is 42.0 Å². The van der Waals surface area contributed by atoms with Crippen LogP contribution in [-0.4, -0.2) is 21.0 Å². The molecule has 6 nitrogen and oxygen atoms in total. The Morgan fingerprint density at radius 3 is 2.50 bits per heavy atom. The van der Waals surface area contributed by atoms with Crippen LogP contribution >= 0.6 is 0 Å². The molecule has 30 heavy (non-hydrogen) atoms. The number of sulfonamides is 1. The normalized spacial score (nSPS) is 12.8. The Balaban J connectivity index is 1.56. The predicted molar refractivity (Wildman–Crippen MR) is 114 cm³/mol. The molecule has 3 aromatic carbocycles. The fourth-order valence-electron chi connectivity index (χ4n) is 2.99. The van der Waals surface area contributed by atoms with Gasteiger partial charge in [0.25, 0.3) is 10.0 Å². The van der Waals surface area contributed by atoms with Gasteiger partial charge in [0.1, 0.15) is 0 Å². The van der Waals surface area contributed by atoms with Crippen LogP contribution in [0, 0.1) is 6.92 Å². The van der Waals surface area contributed by atoms with Crippen molar-refractivity contribution in [2.24, 2.45) is 0 Å². The van der Waals surface area contributed by atoms with Crippen LogP contribution in [0.2, 0.25) is 0 Å². The highest BCUT2D eigenvalue weighted by Crippen LogP contribution is 2.33. The van der Waals surface area contributed by atoms with Gasteiger partial charge in [-0.25, -0.2) is 8.42 Å². The number of hydrogen-bond acceptors (Lipinski definition) is 5. The molecule has 0 atom stereocenters. The van der Waals surface area contributed by atoms with E-state index in [1.54, 1.807) is 54.6 Å². The summed E-state index contributed by atoms with van der Waals surface area (Å²) in [5.74, 6) is 0.958. The minimum atomic E-state index is -3.82. The first-order valence-corrected chi connectivity index (χ1v) is 10.7. The zero-order chi connectivity index (χ0) is 21.1. The number of allylic oxidation sites excluding steroid dienone is 1. The van der Waals surface area contributed by atoms with Gasteiger partial charge in [-0.05, 0) is 55.0 Å². The van der Waals surface area contributed by atoms with Gasteiger partial charge in [0.05, 0.1) is 10.6 Å². The van der Waals surface area contributed by atoms with Crippen LogP contribution in [0.1, 0.15) is 21.5 Å². The molecule has 0 saturated carbocycles. The molecule has 0 bridgehead atoms. The molecule has 0 saturated heterocycles. The Morgan fingerprint density at radius 2 is 1.70 bits per heavy atom. The van der Waals surface area contributed by atoms with E-state index in [2.05, 4.69) is 4.72 Å². The third kappa shape index (κ3) is 4.21. The van der Waals surface area contributed by atoms with E-state index >= 15 is 0 Å².